The van der Waals surface area contributed by atoms with Crippen LogP contribution in [0.2, 0.25) is 0 Å². The van der Waals surface area contributed by atoms with Crippen molar-refractivity contribution in [3.05, 3.63) is 39.5 Å². The van der Waals surface area contributed by atoms with E-state index in [2.05, 4.69) is 0 Å². The minimum Gasteiger partial charge on any atom is -0.462 e. The van der Waals surface area contributed by atoms with E-state index in [0.29, 0.717) is 6.61 Å². The van der Waals surface area contributed by atoms with Crippen LogP contribution in [0.4, 0.5) is 0 Å². The summed E-state index contributed by atoms with van der Waals surface area (Å²) in [5, 5.41) is 9.15. The maximum absolute atomic E-state index is 11.7. The predicted octanol–water partition coefficient (Wildman–Crippen LogP) is 3.23. The molecule has 4 nitrogen and oxygen atoms in total. The molecule has 0 N–H and O–H groups in total. The van der Waals surface area contributed by atoms with Crippen LogP contribution in [-0.2, 0) is 20.9 Å². The van der Waals surface area contributed by atoms with Gasteiger partial charge in [0, 0.05) is 7.11 Å². The molecule has 1 aromatic carbocycles. The quantitative estimate of drug-likeness (QED) is 0.474. The number of nitrogens with zero attached hydrogens (tertiary/aromatic N) is 1. The van der Waals surface area contributed by atoms with E-state index >= 15 is 0 Å². The number of ether oxygens (including phenoxy) is 2. The third-order valence-corrected chi connectivity index (χ3v) is 3.38. The Morgan fingerprint density at radius 2 is 2.00 bits per heavy atom. The lowest BCUT2D eigenvalue weighted by molar-refractivity contribution is -0.137. The van der Waals surface area contributed by atoms with Gasteiger partial charge in [0.1, 0.15) is 11.6 Å². The summed E-state index contributed by atoms with van der Waals surface area (Å²) in [6.07, 6.45) is 1.60. The number of benzene rings is 1. The molecule has 0 saturated heterocycles. The number of aryl methyl sites for hydroxylation is 2. The number of carbonyl (C=O) groups is 1. The van der Waals surface area contributed by atoms with Crippen LogP contribution in [0.1, 0.15) is 34.7 Å². The van der Waals surface area contributed by atoms with E-state index in [1.807, 2.05) is 32.9 Å². The zero-order chi connectivity index (χ0) is 16.0. The summed E-state index contributed by atoms with van der Waals surface area (Å²) in [7, 11) is 1.65. The number of nitriles is 1. The Morgan fingerprint density at radius 1 is 1.33 bits per heavy atom. The summed E-state index contributed by atoms with van der Waals surface area (Å²) in [5.74, 6) is -0.590. The fraction of sp³-hybridized carbons (Fsp3) is 0.412. The van der Waals surface area contributed by atoms with Crippen LogP contribution in [0.15, 0.2) is 11.6 Å². The van der Waals surface area contributed by atoms with Gasteiger partial charge in [-0.05, 0) is 61.6 Å². The van der Waals surface area contributed by atoms with E-state index < -0.39 is 5.97 Å². The van der Waals surface area contributed by atoms with Gasteiger partial charge in [0.25, 0.3) is 0 Å². The average Bonchev–Trinajstić information content (AvgIpc) is 2.43. The van der Waals surface area contributed by atoms with Gasteiger partial charge in [-0.15, -0.1) is 0 Å². The van der Waals surface area contributed by atoms with Gasteiger partial charge in [-0.3, -0.25) is 0 Å². The van der Waals surface area contributed by atoms with Crippen LogP contribution in [0.3, 0.4) is 0 Å². The number of hydrogen-bond acceptors (Lipinski definition) is 4. The minimum absolute atomic E-state index is 0.00951. The Bertz CT molecular complexity index is 609. The molecule has 0 aromatic heterocycles. The highest BCUT2D eigenvalue weighted by molar-refractivity contribution is 5.98. The van der Waals surface area contributed by atoms with Crippen molar-refractivity contribution in [2.75, 3.05) is 13.7 Å². The molecule has 0 amide bonds. The first kappa shape index (κ1) is 16.9. The molecular weight excluding hydrogens is 266 g/mol. The maximum Gasteiger partial charge on any atom is 0.348 e. The van der Waals surface area contributed by atoms with Crippen LogP contribution < -0.4 is 0 Å². The van der Waals surface area contributed by atoms with Crippen molar-refractivity contribution in [2.24, 2.45) is 0 Å². The highest BCUT2D eigenvalue weighted by atomic mass is 16.5. The molecule has 4 heteroatoms. The summed E-state index contributed by atoms with van der Waals surface area (Å²) < 4.78 is 10.1. The standard InChI is InChI=1S/C17H21NO3/c1-6-21-17(19)14(9-18)8-15-11(2)7-12(3)16(10-20-5)13(15)4/h7-8H,6,10H2,1-5H3. The first-order chi connectivity index (χ1) is 9.96. The zero-order valence-corrected chi connectivity index (χ0v) is 13.2. The molecule has 0 bridgehead atoms. The number of rotatable bonds is 5. The molecule has 0 heterocycles. The summed E-state index contributed by atoms with van der Waals surface area (Å²) in [6.45, 7) is 8.42. The summed E-state index contributed by atoms with van der Waals surface area (Å²) >= 11 is 0. The molecule has 1 aromatic rings. The van der Waals surface area contributed by atoms with Crippen LogP contribution in [-0.4, -0.2) is 19.7 Å². The largest absolute Gasteiger partial charge is 0.462 e. The molecule has 0 saturated carbocycles. The molecule has 21 heavy (non-hydrogen) atoms. The Balaban J connectivity index is 3.39. The molecule has 0 fully saturated rings. The van der Waals surface area contributed by atoms with Crippen molar-refractivity contribution in [3.8, 4) is 6.07 Å². The topological polar surface area (TPSA) is 59.3 Å². The van der Waals surface area contributed by atoms with Crippen LogP contribution in [0.5, 0.6) is 0 Å². The van der Waals surface area contributed by atoms with E-state index in [0.717, 1.165) is 27.8 Å². The lowest BCUT2D eigenvalue weighted by Gasteiger charge is -2.15. The second kappa shape index (κ2) is 7.61. The van der Waals surface area contributed by atoms with Crippen molar-refractivity contribution < 1.29 is 14.3 Å². The summed E-state index contributed by atoms with van der Waals surface area (Å²) in [4.78, 5) is 11.7. The third kappa shape index (κ3) is 3.93. The van der Waals surface area contributed by atoms with E-state index in [-0.39, 0.29) is 12.2 Å². The first-order valence-corrected chi connectivity index (χ1v) is 6.83. The summed E-state index contributed by atoms with van der Waals surface area (Å²) in [6, 6.07) is 3.95. The highest BCUT2D eigenvalue weighted by Crippen LogP contribution is 2.25. The van der Waals surface area contributed by atoms with Gasteiger partial charge in [0.2, 0.25) is 0 Å². The van der Waals surface area contributed by atoms with Crippen LogP contribution in [0, 0.1) is 32.1 Å². The first-order valence-electron chi connectivity index (χ1n) is 6.83. The molecule has 0 atom stereocenters. The van der Waals surface area contributed by atoms with Crippen LogP contribution in [0.25, 0.3) is 6.08 Å². The van der Waals surface area contributed by atoms with E-state index in [1.165, 1.54) is 0 Å². The number of carbonyl (C=O) groups excluding carboxylic acids is 1. The number of methoxy groups -OCH3 is 1. The Kier molecular flexibility index (Phi) is 6.13. The highest BCUT2D eigenvalue weighted by Gasteiger charge is 2.14. The van der Waals surface area contributed by atoms with Gasteiger partial charge in [-0.2, -0.15) is 5.26 Å². The molecule has 0 aliphatic rings. The molecule has 112 valence electrons. The monoisotopic (exact) mass is 287 g/mol. The van der Waals surface area contributed by atoms with E-state index in [1.54, 1.807) is 20.1 Å². The van der Waals surface area contributed by atoms with Gasteiger partial charge in [-0.1, -0.05) is 6.07 Å². The molecule has 0 aliphatic heterocycles. The molecule has 0 spiro atoms. The van der Waals surface area contributed by atoms with Gasteiger partial charge >= 0.3 is 5.97 Å². The number of esters is 1. The molecule has 0 radical (unpaired) electrons. The lowest BCUT2D eigenvalue weighted by atomic mass is 9.92. The normalized spacial score (nSPS) is 11.1. The van der Waals surface area contributed by atoms with E-state index in [9.17, 15) is 4.79 Å². The Hall–Kier alpha value is -2.12. The second-order valence-corrected chi connectivity index (χ2v) is 4.85. The third-order valence-electron chi connectivity index (χ3n) is 3.38. The van der Waals surface area contributed by atoms with Gasteiger partial charge < -0.3 is 9.47 Å². The zero-order valence-electron chi connectivity index (χ0n) is 13.2. The van der Waals surface area contributed by atoms with Crippen LogP contribution >= 0.6 is 0 Å². The molecule has 1 rings (SSSR count). The lowest BCUT2D eigenvalue weighted by Crippen LogP contribution is -2.07. The molecular formula is C17H21NO3. The predicted molar refractivity (Wildman–Crippen MR) is 81.6 cm³/mol. The summed E-state index contributed by atoms with van der Waals surface area (Å²) in [5.41, 5.74) is 5.13. The SMILES string of the molecule is CCOC(=O)C(C#N)=Cc1c(C)cc(C)c(COC)c1C. The smallest absolute Gasteiger partial charge is 0.348 e. The van der Waals surface area contributed by atoms with Crippen molar-refractivity contribution >= 4 is 12.0 Å². The maximum atomic E-state index is 11.7. The van der Waals surface area contributed by atoms with Crippen molar-refractivity contribution in [3.63, 3.8) is 0 Å². The minimum atomic E-state index is -0.590. The molecule has 0 aliphatic carbocycles. The van der Waals surface area contributed by atoms with Crippen molar-refractivity contribution in [2.45, 2.75) is 34.3 Å². The van der Waals surface area contributed by atoms with Gasteiger partial charge in [0.05, 0.1) is 13.2 Å². The van der Waals surface area contributed by atoms with Gasteiger partial charge in [-0.25, -0.2) is 4.79 Å². The van der Waals surface area contributed by atoms with E-state index in [4.69, 9.17) is 14.7 Å². The Labute approximate surface area is 126 Å². The number of hydrogen-bond donors (Lipinski definition) is 0. The average molecular weight is 287 g/mol. The Morgan fingerprint density at radius 3 is 2.52 bits per heavy atom. The fourth-order valence-corrected chi connectivity index (χ4v) is 2.32. The van der Waals surface area contributed by atoms with Crippen molar-refractivity contribution in [1.82, 2.24) is 0 Å². The van der Waals surface area contributed by atoms with Gasteiger partial charge in [0.15, 0.2) is 0 Å². The second-order valence-electron chi connectivity index (χ2n) is 4.85. The van der Waals surface area contributed by atoms with Crippen molar-refractivity contribution in [1.29, 1.82) is 5.26 Å². The molecule has 0 unspecified atom stereocenters. The fourth-order valence-electron chi connectivity index (χ4n) is 2.32.